The number of rotatable bonds is 7. The molecule has 2 aliphatic heterocycles. The average Bonchev–Trinajstić information content (AvgIpc) is 3.01. The highest BCUT2D eigenvalue weighted by atomic mass is 35.5. The number of fused-ring (bicyclic) bond motifs is 1. The van der Waals surface area contributed by atoms with Crippen LogP contribution < -0.4 is 0 Å². The number of amides is 1. The Balaban J connectivity index is 1.71. The van der Waals surface area contributed by atoms with E-state index >= 15 is 0 Å². The molecule has 0 saturated heterocycles. The number of nitrogens with zero attached hydrogens (tertiary/aromatic N) is 3. The molecule has 0 aromatic heterocycles. The number of thioether (sulfide) groups is 1. The van der Waals surface area contributed by atoms with E-state index in [9.17, 15) is 4.79 Å². The minimum absolute atomic E-state index is 0.0634. The number of nitrogens with one attached hydrogen (secondary N) is 1. The minimum Gasteiger partial charge on any atom is -0.282 e. The van der Waals surface area contributed by atoms with Crippen LogP contribution in [0.5, 0.6) is 0 Å². The van der Waals surface area contributed by atoms with Crippen LogP contribution in [0.4, 0.5) is 0 Å². The fourth-order valence-electron chi connectivity index (χ4n) is 2.78. The summed E-state index contributed by atoms with van der Waals surface area (Å²) >= 11 is 7.39. The second kappa shape index (κ2) is 8.64. The summed E-state index contributed by atoms with van der Waals surface area (Å²) in [6, 6.07) is 7.16. The fourth-order valence-corrected chi connectivity index (χ4v) is 3.90. The number of carbonyl (C=O) groups is 1. The van der Waals surface area contributed by atoms with Gasteiger partial charge in [-0.15, -0.1) is 0 Å². The van der Waals surface area contributed by atoms with Gasteiger partial charge in [-0.25, -0.2) is 0 Å². The van der Waals surface area contributed by atoms with Crippen molar-refractivity contribution in [3.05, 3.63) is 40.4 Å². The van der Waals surface area contributed by atoms with Crippen LogP contribution in [0, 0.1) is 5.41 Å². The molecule has 0 radical (unpaired) electrons. The number of amidine groups is 2. The molecule has 0 spiro atoms. The van der Waals surface area contributed by atoms with Crippen LogP contribution in [0.1, 0.15) is 51.0 Å². The van der Waals surface area contributed by atoms with Gasteiger partial charge < -0.3 is 0 Å². The lowest BCUT2D eigenvalue weighted by Crippen LogP contribution is -2.35. The van der Waals surface area contributed by atoms with Crippen LogP contribution in [0.2, 0.25) is 5.02 Å². The molecule has 1 N–H and O–H groups in total. The predicted molar refractivity (Wildman–Crippen MR) is 110 cm³/mol. The van der Waals surface area contributed by atoms with E-state index in [1.807, 2.05) is 6.07 Å². The van der Waals surface area contributed by atoms with Gasteiger partial charge in [0.25, 0.3) is 5.91 Å². The number of benzene rings is 1. The van der Waals surface area contributed by atoms with Crippen LogP contribution in [-0.4, -0.2) is 27.0 Å². The Morgan fingerprint density at radius 3 is 2.85 bits per heavy atom. The molecule has 3 rings (SSSR count). The van der Waals surface area contributed by atoms with Gasteiger partial charge in [-0.05, 0) is 48.4 Å². The van der Waals surface area contributed by atoms with Crippen LogP contribution in [0.15, 0.2) is 39.9 Å². The van der Waals surface area contributed by atoms with Crippen LogP contribution in [0.3, 0.4) is 0 Å². The predicted octanol–water partition coefficient (Wildman–Crippen LogP) is 5.32. The van der Waals surface area contributed by atoms with Gasteiger partial charge in [0.2, 0.25) is 5.17 Å². The van der Waals surface area contributed by atoms with Crippen molar-refractivity contribution in [2.24, 2.45) is 10.1 Å². The second-order valence-electron chi connectivity index (χ2n) is 6.23. The number of carbonyl (C=O) groups excluding carboxylic acids is 1. The Labute approximate surface area is 162 Å². The molecule has 5 nitrogen and oxygen atoms in total. The summed E-state index contributed by atoms with van der Waals surface area (Å²) in [4.78, 5) is 16.5. The van der Waals surface area contributed by atoms with Crippen molar-refractivity contribution in [1.29, 1.82) is 5.41 Å². The van der Waals surface area contributed by atoms with Crippen molar-refractivity contribution >= 4 is 51.4 Å². The quantitative estimate of drug-likeness (QED) is 0.507. The van der Waals surface area contributed by atoms with Gasteiger partial charge in [-0.2, -0.15) is 15.1 Å². The first kappa shape index (κ1) is 18.9. The van der Waals surface area contributed by atoms with Crippen LogP contribution in [0.25, 0.3) is 6.08 Å². The molecule has 1 aromatic rings. The topological polar surface area (TPSA) is 68.9 Å². The third-order valence-corrected chi connectivity index (χ3v) is 5.35. The Morgan fingerprint density at radius 2 is 2.08 bits per heavy atom. The molecule has 0 atom stereocenters. The number of halogens is 1. The molecule has 0 saturated carbocycles. The van der Waals surface area contributed by atoms with E-state index in [4.69, 9.17) is 17.0 Å². The summed E-state index contributed by atoms with van der Waals surface area (Å²) in [5, 5.41) is 16.3. The van der Waals surface area contributed by atoms with Crippen molar-refractivity contribution in [3.8, 4) is 0 Å². The highest BCUT2D eigenvalue weighted by molar-refractivity contribution is 8.26. The SMILES string of the molecule is CCCCCCCC1=NN2C(=N)/C(=C/c3cccc(Cl)c3)C(=O)N=C2S1. The summed E-state index contributed by atoms with van der Waals surface area (Å²) in [7, 11) is 0. The highest BCUT2D eigenvalue weighted by Crippen LogP contribution is 2.30. The van der Waals surface area contributed by atoms with Gasteiger partial charge in [0, 0.05) is 5.02 Å². The largest absolute Gasteiger partial charge is 0.283 e. The Kier molecular flexibility index (Phi) is 6.27. The molecular formula is C19H21ClN4OS. The Bertz CT molecular complexity index is 816. The van der Waals surface area contributed by atoms with Crippen molar-refractivity contribution in [2.45, 2.75) is 45.4 Å². The average molecular weight is 389 g/mol. The van der Waals surface area contributed by atoms with Gasteiger partial charge in [0.15, 0.2) is 5.84 Å². The number of unbranched alkanes of at least 4 members (excludes halogenated alkanes) is 4. The zero-order chi connectivity index (χ0) is 18.5. The van der Waals surface area contributed by atoms with E-state index < -0.39 is 5.91 Å². The molecular weight excluding hydrogens is 368 g/mol. The minimum atomic E-state index is -0.409. The molecule has 1 aromatic carbocycles. The van der Waals surface area contributed by atoms with E-state index in [1.54, 1.807) is 24.3 Å². The molecule has 2 aliphatic rings. The number of aliphatic imine (C=N–C) groups is 1. The number of hydrazone groups is 1. The van der Waals surface area contributed by atoms with Crippen molar-refractivity contribution < 1.29 is 4.79 Å². The van der Waals surface area contributed by atoms with Gasteiger partial charge >= 0.3 is 0 Å². The van der Waals surface area contributed by atoms with E-state index in [1.165, 1.54) is 42.5 Å². The van der Waals surface area contributed by atoms with E-state index in [0.717, 1.165) is 23.4 Å². The maximum atomic E-state index is 12.4. The van der Waals surface area contributed by atoms with Crippen molar-refractivity contribution in [3.63, 3.8) is 0 Å². The maximum absolute atomic E-state index is 12.4. The number of hydrogen-bond donors (Lipinski definition) is 1. The molecule has 136 valence electrons. The van der Waals surface area contributed by atoms with Gasteiger partial charge in [-0.3, -0.25) is 10.2 Å². The first-order valence-electron chi connectivity index (χ1n) is 8.83. The molecule has 7 heteroatoms. The normalized spacial score (nSPS) is 18.2. The molecule has 0 aliphatic carbocycles. The zero-order valence-electron chi connectivity index (χ0n) is 14.7. The summed E-state index contributed by atoms with van der Waals surface area (Å²) in [5.74, 6) is -0.346. The van der Waals surface area contributed by atoms with Gasteiger partial charge in [-0.1, -0.05) is 56.3 Å². The smallest absolute Gasteiger partial charge is 0.282 e. The van der Waals surface area contributed by atoms with Crippen molar-refractivity contribution in [1.82, 2.24) is 5.01 Å². The first-order chi connectivity index (χ1) is 12.6. The number of hydrogen-bond acceptors (Lipinski definition) is 4. The zero-order valence-corrected chi connectivity index (χ0v) is 16.2. The molecule has 0 fully saturated rings. The summed E-state index contributed by atoms with van der Waals surface area (Å²) in [6.45, 7) is 2.20. The third-order valence-electron chi connectivity index (χ3n) is 4.15. The van der Waals surface area contributed by atoms with E-state index in [0.29, 0.717) is 10.2 Å². The molecule has 0 unspecified atom stereocenters. The monoisotopic (exact) mass is 388 g/mol. The Hall–Kier alpha value is -1.92. The second-order valence-corrected chi connectivity index (χ2v) is 7.71. The van der Waals surface area contributed by atoms with E-state index in [2.05, 4.69) is 17.0 Å². The molecule has 0 bridgehead atoms. The van der Waals surface area contributed by atoms with Gasteiger partial charge in [0.1, 0.15) is 5.04 Å². The van der Waals surface area contributed by atoms with E-state index in [-0.39, 0.29) is 11.4 Å². The summed E-state index contributed by atoms with van der Waals surface area (Å²) in [5.41, 5.74) is 0.987. The summed E-state index contributed by atoms with van der Waals surface area (Å²) < 4.78 is 0. The van der Waals surface area contributed by atoms with Crippen LogP contribution >= 0.6 is 23.4 Å². The summed E-state index contributed by atoms with van der Waals surface area (Å²) in [6.07, 6.45) is 8.46. The Morgan fingerprint density at radius 1 is 1.27 bits per heavy atom. The lowest BCUT2D eigenvalue weighted by molar-refractivity contribution is -0.114. The maximum Gasteiger partial charge on any atom is 0.283 e. The first-order valence-corrected chi connectivity index (χ1v) is 10.0. The van der Waals surface area contributed by atoms with Crippen molar-refractivity contribution in [2.75, 3.05) is 0 Å². The standard InChI is InChI=1S/C19H21ClN4OS/c1-2-3-4-5-6-10-16-23-24-17(21)15(18(25)22-19(24)26-16)12-13-8-7-9-14(20)11-13/h7-9,11-12,21H,2-6,10H2,1H3/b15-12-,21-17?. The van der Waals surface area contributed by atoms with Crippen LogP contribution in [-0.2, 0) is 4.79 Å². The molecule has 26 heavy (non-hydrogen) atoms. The fraction of sp³-hybridized carbons (Fsp3) is 0.368. The molecule has 2 heterocycles. The lowest BCUT2D eigenvalue weighted by Gasteiger charge is -2.20. The lowest BCUT2D eigenvalue weighted by atomic mass is 10.1. The molecule has 1 amide bonds. The van der Waals surface area contributed by atoms with Gasteiger partial charge in [0.05, 0.1) is 5.57 Å². The third kappa shape index (κ3) is 4.43. The highest BCUT2D eigenvalue weighted by Gasteiger charge is 2.35.